The van der Waals surface area contributed by atoms with Gasteiger partial charge in [0, 0.05) is 13.1 Å². The zero-order chi connectivity index (χ0) is 16.8. The van der Waals surface area contributed by atoms with Gasteiger partial charge < -0.3 is 14.1 Å². The molecule has 1 unspecified atom stereocenters. The highest BCUT2D eigenvalue weighted by Crippen LogP contribution is 2.15. The van der Waals surface area contributed by atoms with Crippen LogP contribution in [-0.4, -0.2) is 42.4 Å². The summed E-state index contributed by atoms with van der Waals surface area (Å²) in [7, 11) is 0. The molecule has 126 valence electrons. The Morgan fingerprint density at radius 3 is 2.71 bits per heavy atom. The van der Waals surface area contributed by atoms with E-state index in [9.17, 15) is 9.59 Å². The summed E-state index contributed by atoms with van der Waals surface area (Å²) in [5.74, 6) is -1.02. The van der Waals surface area contributed by atoms with Crippen molar-refractivity contribution in [2.24, 2.45) is 0 Å². The minimum absolute atomic E-state index is 0.0178. The van der Waals surface area contributed by atoms with Crippen LogP contribution in [0.15, 0.2) is 53.1 Å². The number of rotatable bonds is 6. The smallest absolute Gasteiger partial charge is 0.298 e. The first-order valence-corrected chi connectivity index (χ1v) is 8.26. The first kappa shape index (κ1) is 16.5. The summed E-state index contributed by atoms with van der Waals surface area (Å²) in [6, 6.07) is 13.4. The van der Waals surface area contributed by atoms with E-state index in [1.54, 1.807) is 11.0 Å². The third kappa shape index (κ3) is 4.11. The lowest BCUT2D eigenvalue weighted by molar-refractivity contribution is -0.134. The van der Waals surface area contributed by atoms with Gasteiger partial charge >= 0.3 is 0 Å². The van der Waals surface area contributed by atoms with Gasteiger partial charge in [0.2, 0.25) is 0 Å². The molecule has 5 nitrogen and oxygen atoms in total. The fourth-order valence-electron chi connectivity index (χ4n) is 2.91. The fourth-order valence-corrected chi connectivity index (χ4v) is 2.91. The highest BCUT2D eigenvalue weighted by atomic mass is 16.5. The molecule has 0 aliphatic carbocycles. The van der Waals surface area contributed by atoms with Crippen molar-refractivity contribution in [3.8, 4) is 0 Å². The van der Waals surface area contributed by atoms with Gasteiger partial charge in [-0.25, -0.2) is 0 Å². The minimum atomic E-state index is -0.593. The Morgan fingerprint density at radius 1 is 1.12 bits per heavy atom. The SMILES string of the molecule is O=C(C(=O)N1CCOC(CCCc2ccccc2)C1)c1ccco1. The molecular weight excluding hydrogens is 306 g/mol. The summed E-state index contributed by atoms with van der Waals surface area (Å²) < 4.78 is 10.8. The molecule has 1 atom stereocenters. The van der Waals surface area contributed by atoms with Crippen LogP contribution in [0.5, 0.6) is 0 Å². The van der Waals surface area contributed by atoms with E-state index < -0.39 is 11.7 Å². The van der Waals surface area contributed by atoms with Gasteiger partial charge in [-0.1, -0.05) is 30.3 Å². The first-order valence-electron chi connectivity index (χ1n) is 8.26. The Kier molecular flexibility index (Phi) is 5.43. The van der Waals surface area contributed by atoms with E-state index in [0.717, 1.165) is 19.3 Å². The Bertz CT molecular complexity index is 666. The zero-order valence-corrected chi connectivity index (χ0v) is 13.5. The highest BCUT2D eigenvalue weighted by Gasteiger charge is 2.29. The predicted molar refractivity (Wildman–Crippen MR) is 88.7 cm³/mol. The summed E-state index contributed by atoms with van der Waals surface area (Å²) in [4.78, 5) is 26.0. The number of aryl methyl sites for hydroxylation is 1. The number of hydrogen-bond donors (Lipinski definition) is 0. The Hall–Kier alpha value is -2.40. The first-order chi connectivity index (χ1) is 11.7. The molecule has 2 aromatic rings. The number of benzene rings is 1. The predicted octanol–water partition coefficient (Wildman–Crippen LogP) is 2.71. The van der Waals surface area contributed by atoms with Crippen molar-refractivity contribution in [3.63, 3.8) is 0 Å². The van der Waals surface area contributed by atoms with E-state index in [2.05, 4.69) is 12.1 Å². The summed E-state index contributed by atoms with van der Waals surface area (Å²) in [5, 5.41) is 0. The lowest BCUT2D eigenvalue weighted by atomic mass is 10.0. The van der Waals surface area contributed by atoms with E-state index in [-0.39, 0.29) is 11.9 Å². The Morgan fingerprint density at radius 2 is 1.96 bits per heavy atom. The number of nitrogens with zero attached hydrogens (tertiary/aromatic N) is 1. The van der Waals surface area contributed by atoms with Gasteiger partial charge in [-0.05, 0) is 37.0 Å². The lowest BCUT2D eigenvalue weighted by Crippen LogP contribution is -2.48. The van der Waals surface area contributed by atoms with Crippen LogP contribution >= 0.6 is 0 Å². The normalized spacial score (nSPS) is 17.7. The number of furan rings is 1. The number of carbonyl (C=O) groups is 2. The summed E-state index contributed by atoms with van der Waals surface area (Å²) in [6.45, 7) is 1.37. The van der Waals surface area contributed by atoms with Crippen LogP contribution in [0, 0.1) is 0 Å². The number of carbonyl (C=O) groups excluding carboxylic acids is 2. The molecule has 0 saturated carbocycles. The van der Waals surface area contributed by atoms with Crippen LogP contribution in [0.2, 0.25) is 0 Å². The highest BCUT2D eigenvalue weighted by molar-refractivity contribution is 6.41. The largest absolute Gasteiger partial charge is 0.461 e. The molecule has 1 aliphatic heterocycles. The second kappa shape index (κ2) is 7.93. The second-order valence-electron chi connectivity index (χ2n) is 5.93. The molecule has 1 aromatic heterocycles. The van der Waals surface area contributed by atoms with Gasteiger partial charge in [0.15, 0.2) is 5.76 Å². The topological polar surface area (TPSA) is 59.8 Å². The van der Waals surface area contributed by atoms with Crippen LogP contribution in [0.25, 0.3) is 0 Å². The van der Waals surface area contributed by atoms with Crippen LogP contribution in [0.4, 0.5) is 0 Å². The minimum Gasteiger partial charge on any atom is -0.461 e. The van der Waals surface area contributed by atoms with E-state index in [0.29, 0.717) is 19.7 Å². The number of morpholine rings is 1. The second-order valence-corrected chi connectivity index (χ2v) is 5.93. The van der Waals surface area contributed by atoms with Crippen LogP contribution in [-0.2, 0) is 16.0 Å². The summed E-state index contributed by atoms with van der Waals surface area (Å²) in [6.07, 6.45) is 4.22. The molecule has 0 bridgehead atoms. The van der Waals surface area contributed by atoms with Gasteiger partial charge in [-0.15, -0.1) is 0 Å². The van der Waals surface area contributed by atoms with E-state index in [4.69, 9.17) is 9.15 Å². The molecule has 0 radical (unpaired) electrons. The van der Waals surface area contributed by atoms with Crippen LogP contribution in [0.1, 0.15) is 29.0 Å². The molecule has 5 heteroatoms. The van der Waals surface area contributed by atoms with Crippen LogP contribution < -0.4 is 0 Å². The van der Waals surface area contributed by atoms with Gasteiger partial charge in [-0.3, -0.25) is 9.59 Å². The van der Waals surface area contributed by atoms with Crippen LogP contribution in [0.3, 0.4) is 0 Å². The molecule has 1 aromatic carbocycles. The number of ether oxygens (including phenoxy) is 1. The summed E-state index contributed by atoms with van der Waals surface area (Å²) >= 11 is 0. The Balaban J connectivity index is 1.49. The standard InChI is InChI=1S/C19H21NO4/c21-18(17-10-5-12-24-17)19(22)20-11-13-23-16(14-20)9-4-8-15-6-2-1-3-7-15/h1-3,5-7,10,12,16H,4,8-9,11,13-14H2. The molecule has 3 rings (SSSR count). The van der Waals surface area contributed by atoms with E-state index in [1.165, 1.54) is 17.9 Å². The van der Waals surface area contributed by atoms with Crippen molar-refractivity contribution in [2.45, 2.75) is 25.4 Å². The van der Waals surface area contributed by atoms with Crippen molar-refractivity contribution in [1.82, 2.24) is 4.90 Å². The molecule has 0 N–H and O–H groups in total. The van der Waals surface area contributed by atoms with Gasteiger partial charge in [-0.2, -0.15) is 0 Å². The lowest BCUT2D eigenvalue weighted by Gasteiger charge is -2.32. The third-order valence-electron chi connectivity index (χ3n) is 4.20. The maximum Gasteiger partial charge on any atom is 0.298 e. The van der Waals surface area contributed by atoms with E-state index in [1.807, 2.05) is 18.2 Å². The third-order valence-corrected chi connectivity index (χ3v) is 4.20. The van der Waals surface area contributed by atoms with Crippen molar-refractivity contribution >= 4 is 11.7 Å². The van der Waals surface area contributed by atoms with Crippen molar-refractivity contribution in [1.29, 1.82) is 0 Å². The summed E-state index contributed by atoms with van der Waals surface area (Å²) in [5.41, 5.74) is 1.30. The fraction of sp³-hybridized carbons (Fsp3) is 0.368. The molecule has 1 amide bonds. The monoisotopic (exact) mass is 327 g/mol. The molecule has 1 aliphatic rings. The number of ketones is 1. The molecule has 0 spiro atoms. The van der Waals surface area contributed by atoms with E-state index >= 15 is 0 Å². The Labute approximate surface area is 141 Å². The number of hydrogen-bond acceptors (Lipinski definition) is 4. The molecule has 1 fully saturated rings. The molecule has 2 heterocycles. The maximum atomic E-state index is 12.3. The molecule has 24 heavy (non-hydrogen) atoms. The number of Topliss-reactive ketones (excluding diaryl/α,β-unsaturated/α-hetero) is 1. The van der Waals surface area contributed by atoms with Crippen molar-refractivity contribution in [3.05, 3.63) is 60.1 Å². The quantitative estimate of drug-likeness (QED) is 0.604. The van der Waals surface area contributed by atoms with Crippen molar-refractivity contribution in [2.75, 3.05) is 19.7 Å². The number of amides is 1. The zero-order valence-electron chi connectivity index (χ0n) is 13.5. The van der Waals surface area contributed by atoms with Gasteiger partial charge in [0.25, 0.3) is 11.7 Å². The van der Waals surface area contributed by atoms with Gasteiger partial charge in [0.05, 0.1) is 19.0 Å². The van der Waals surface area contributed by atoms with Crippen molar-refractivity contribution < 1.29 is 18.7 Å². The molecular formula is C19H21NO4. The average molecular weight is 327 g/mol. The maximum absolute atomic E-state index is 12.3. The average Bonchev–Trinajstić information content (AvgIpc) is 3.16. The van der Waals surface area contributed by atoms with Gasteiger partial charge in [0.1, 0.15) is 0 Å². The molecule has 1 saturated heterocycles.